The van der Waals surface area contributed by atoms with Crippen LogP contribution in [0.1, 0.15) is 49.7 Å². The highest BCUT2D eigenvalue weighted by Gasteiger charge is 2.19. The van der Waals surface area contributed by atoms with Crippen molar-refractivity contribution in [3.8, 4) is 0 Å². The van der Waals surface area contributed by atoms with Crippen LogP contribution in [0, 0.1) is 13.8 Å². The summed E-state index contributed by atoms with van der Waals surface area (Å²) in [6, 6.07) is 6.31. The number of aryl methyl sites for hydroxylation is 2. The second kappa shape index (κ2) is 9.56. The zero-order chi connectivity index (χ0) is 18.2. The fraction of sp³-hybridized carbons (Fsp3) is 0.600. The van der Waals surface area contributed by atoms with E-state index in [1.807, 2.05) is 39.1 Å². The average Bonchev–Trinajstić information content (AvgIpc) is 2.79. The molecule has 138 valence electrons. The summed E-state index contributed by atoms with van der Waals surface area (Å²) in [7, 11) is 1.88. The summed E-state index contributed by atoms with van der Waals surface area (Å²) >= 11 is 0. The number of rotatable bonds is 6. The number of benzene rings is 1. The van der Waals surface area contributed by atoms with Crippen LogP contribution in [0.15, 0.2) is 18.2 Å². The molecule has 5 nitrogen and oxygen atoms in total. The first-order valence-electron chi connectivity index (χ1n) is 9.42. The molecule has 1 unspecified atom stereocenters. The second-order valence-corrected chi connectivity index (χ2v) is 7.43. The van der Waals surface area contributed by atoms with E-state index in [-0.39, 0.29) is 18.4 Å². The molecule has 2 amide bonds. The standard InChI is InChI=1S/C20H31N3O2/c1-15-10-11-16(2)18(12-15)22-20(25)14-23(3)13-19(24)21-17-8-6-4-5-7-9-17/h10-12,17H,4-9,13-14H2,1-3H3,(H,21,24)(H,22,25)/p+1. The maximum Gasteiger partial charge on any atom is 0.279 e. The van der Waals surface area contributed by atoms with Crippen LogP contribution in [0.5, 0.6) is 0 Å². The van der Waals surface area contributed by atoms with Crippen molar-refractivity contribution in [2.45, 2.75) is 58.4 Å². The molecule has 0 aliphatic heterocycles. The van der Waals surface area contributed by atoms with Crippen molar-refractivity contribution in [3.05, 3.63) is 29.3 Å². The Hall–Kier alpha value is -1.88. The lowest BCUT2D eigenvalue weighted by atomic mass is 10.1. The zero-order valence-electron chi connectivity index (χ0n) is 15.8. The fourth-order valence-electron chi connectivity index (χ4n) is 3.38. The maximum absolute atomic E-state index is 12.2. The molecule has 1 saturated carbocycles. The highest BCUT2D eigenvalue weighted by atomic mass is 16.2. The minimum atomic E-state index is -0.0616. The van der Waals surface area contributed by atoms with Crippen molar-refractivity contribution in [2.75, 3.05) is 25.5 Å². The third-order valence-electron chi connectivity index (χ3n) is 4.81. The van der Waals surface area contributed by atoms with E-state index < -0.39 is 0 Å². The van der Waals surface area contributed by atoms with Crippen LogP contribution in [0.2, 0.25) is 0 Å². The molecule has 0 saturated heterocycles. The van der Waals surface area contributed by atoms with Gasteiger partial charge < -0.3 is 15.5 Å². The molecule has 0 bridgehead atoms. The number of nitrogens with one attached hydrogen (secondary N) is 3. The summed E-state index contributed by atoms with van der Waals surface area (Å²) in [6.07, 6.45) is 7.11. The van der Waals surface area contributed by atoms with Gasteiger partial charge in [-0.1, -0.05) is 37.8 Å². The van der Waals surface area contributed by atoms with Gasteiger partial charge in [0.05, 0.1) is 7.05 Å². The molecular weight excluding hydrogens is 314 g/mol. The highest BCUT2D eigenvalue weighted by molar-refractivity contribution is 5.92. The number of likely N-dealkylation sites (N-methyl/N-ethyl adjacent to an activating group) is 1. The second-order valence-electron chi connectivity index (χ2n) is 7.43. The number of amides is 2. The molecule has 0 heterocycles. The molecule has 3 N–H and O–H groups in total. The maximum atomic E-state index is 12.2. The summed E-state index contributed by atoms with van der Waals surface area (Å²) in [6.45, 7) is 4.60. The summed E-state index contributed by atoms with van der Waals surface area (Å²) in [5, 5.41) is 6.09. The molecule has 0 radical (unpaired) electrons. The molecule has 1 fully saturated rings. The fourth-order valence-corrected chi connectivity index (χ4v) is 3.38. The van der Waals surface area contributed by atoms with Gasteiger partial charge in [-0.2, -0.15) is 0 Å². The lowest BCUT2D eigenvalue weighted by Gasteiger charge is -2.18. The lowest BCUT2D eigenvalue weighted by molar-refractivity contribution is -0.862. The van der Waals surface area contributed by atoms with Gasteiger partial charge in [0, 0.05) is 11.7 Å². The van der Waals surface area contributed by atoms with Crippen molar-refractivity contribution >= 4 is 17.5 Å². The Morgan fingerprint density at radius 2 is 1.68 bits per heavy atom. The number of carbonyl (C=O) groups is 2. The first-order chi connectivity index (χ1) is 11.9. The van der Waals surface area contributed by atoms with Crippen LogP contribution in [0.4, 0.5) is 5.69 Å². The van der Waals surface area contributed by atoms with E-state index in [0.717, 1.165) is 34.6 Å². The SMILES string of the molecule is Cc1ccc(C)c(NC(=O)C[NH+](C)CC(=O)NC2CCCCCC2)c1. The summed E-state index contributed by atoms with van der Waals surface area (Å²) in [4.78, 5) is 25.3. The van der Waals surface area contributed by atoms with Gasteiger partial charge >= 0.3 is 0 Å². The van der Waals surface area contributed by atoms with Gasteiger partial charge in [0.1, 0.15) is 0 Å². The number of anilines is 1. The predicted molar refractivity (Wildman–Crippen MR) is 101 cm³/mol. The van der Waals surface area contributed by atoms with E-state index >= 15 is 0 Å². The Morgan fingerprint density at radius 3 is 2.36 bits per heavy atom. The Balaban J connectivity index is 1.76. The largest absolute Gasteiger partial charge is 0.348 e. The molecule has 2 rings (SSSR count). The van der Waals surface area contributed by atoms with Crippen molar-refractivity contribution in [1.82, 2.24) is 5.32 Å². The Labute approximate surface area is 151 Å². The first-order valence-corrected chi connectivity index (χ1v) is 9.42. The molecule has 1 aromatic carbocycles. The van der Waals surface area contributed by atoms with E-state index in [1.165, 1.54) is 25.7 Å². The summed E-state index contributed by atoms with van der Waals surface area (Å²) in [5.41, 5.74) is 3.01. The topological polar surface area (TPSA) is 62.6 Å². The van der Waals surface area contributed by atoms with Gasteiger partial charge in [0.2, 0.25) is 0 Å². The van der Waals surface area contributed by atoms with Crippen LogP contribution < -0.4 is 15.5 Å². The van der Waals surface area contributed by atoms with Crippen molar-refractivity contribution < 1.29 is 14.5 Å². The van der Waals surface area contributed by atoms with Crippen LogP contribution in [0.3, 0.4) is 0 Å². The molecule has 25 heavy (non-hydrogen) atoms. The quantitative estimate of drug-likeness (QED) is 0.685. The van der Waals surface area contributed by atoms with Gasteiger partial charge in [0.25, 0.3) is 11.8 Å². The molecule has 0 aromatic heterocycles. The van der Waals surface area contributed by atoms with Crippen molar-refractivity contribution in [3.63, 3.8) is 0 Å². The van der Waals surface area contributed by atoms with Crippen molar-refractivity contribution in [2.24, 2.45) is 0 Å². The minimum absolute atomic E-state index is 0.0453. The van der Waals surface area contributed by atoms with Gasteiger partial charge in [-0.3, -0.25) is 9.59 Å². The molecular formula is C20H32N3O2+. The summed E-state index contributed by atoms with van der Waals surface area (Å²) in [5.74, 6) is -0.0163. The number of hydrogen-bond donors (Lipinski definition) is 3. The van der Waals surface area contributed by atoms with Crippen LogP contribution in [0.25, 0.3) is 0 Å². The van der Waals surface area contributed by atoms with E-state index in [9.17, 15) is 9.59 Å². The highest BCUT2D eigenvalue weighted by Crippen LogP contribution is 2.17. The van der Waals surface area contributed by atoms with Gasteiger partial charge in [0.15, 0.2) is 13.1 Å². The first kappa shape index (κ1) is 19.4. The van der Waals surface area contributed by atoms with E-state index in [2.05, 4.69) is 10.6 Å². The monoisotopic (exact) mass is 346 g/mol. The molecule has 0 spiro atoms. The Kier molecular flexibility index (Phi) is 7.44. The van der Waals surface area contributed by atoms with Gasteiger partial charge in [-0.25, -0.2) is 0 Å². The lowest BCUT2D eigenvalue weighted by Crippen LogP contribution is -3.11. The van der Waals surface area contributed by atoms with Gasteiger partial charge in [-0.05, 0) is 43.9 Å². The normalized spacial score (nSPS) is 16.8. The smallest absolute Gasteiger partial charge is 0.279 e. The van der Waals surface area contributed by atoms with E-state index in [1.54, 1.807) is 0 Å². The van der Waals surface area contributed by atoms with Crippen LogP contribution in [-0.4, -0.2) is 38.0 Å². The third-order valence-corrected chi connectivity index (χ3v) is 4.81. The minimum Gasteiger partial charge on any atom is -0.348 e. The zero-order valence-corrected chi connectivity index (χ0v) is 15.8. The number of hydrogen-bond acceptors (Lipinski definition) is 2. The number of carbonyl (C=O) groups excluding carboxylic acids is 2. The van der Waals surface area contributed by atoms with Crippen LogP contribution in [-0.2, 0) is 9.59 Å². The predicted octanol–water partition coefficient (Wildman–Crippen LogP) is 1.60. The average molecular weight is 346 g/mol. The van der Waals surface area contributed by atoms with Crippen LogP contribution >= 0.6 is 0 Å². The van der Waals surface area contributed by atoms with Gasteiger partial charge in [-0.15, -0.1) is 0 Å². The number of quaternary nitrogens is 1. The molecule has 5 heteroatoms. The molecule has 1 aliphatic carbocycles. The third kappa shape index (κ3) is 6.86. The molecule has 1 atom stereocenters. The van der Waals surface area contributed by atoms with E-state index in [4.69, 9.17) is 0 Å². The Bertz CT molecular complexity index is 593. The Morgan fingerprint density at radius 1 is 1.04 bits per heavy atom. The molecule has 1 aliphatic rings. The molecule has 1 aromatic rings. The van der Waals surface area contributed by atoms with Crippen molar-refractivity contribution in [1.29, 1.82) is 0 Å². The summed E-state index contributed by atoms with van der Waals surface area (Å²) < 4.78 is 0. The van der Waals surface area contributed by atoms with E-state index in [0.29, 0.717) is 12.6 Å².